The highest BCUT2D eigenvalue weighted by molar-refractivity contribution is 5.94. The highest BCUT2D eigenvalue weighted by atomic mass is 19.1. The van der Waals surface area contributed by atoms with Gasteiger partial charge in [-0.15, -0.1) is 0 Å². The molecule has 6 heteroatoms. The standard InChI is InChI=1S/C16H22FN3O2/c1-19-7-8-22-12-16(10-19)4-2-6-20(11-16)15(21)13-3-5-18-9-14(13)17/h3,5,9H,2,4,6-8,10-12H2,1H3/t16-/m1/s1. The van der Waals surface area contributed by atoms with Crippen molar-refractivity contribution in [3.05, 3.63) is 29.8 Å². The molecule has 22 heavy (non-hydrogen) atoms. The molecule has 2 saturated heterocycles. The van der Waals surface area contributed by atoms with Crippen molar-refractivity contribution in [2.45, 2.75) is 12.8 Å². The lowest BCUT2D eigenvalue weighted by Gasteiger charge is -2.43. The molecule has 0 aliphatic carbocycles. The third-order valence-electron chi connectivity index (χ3n) is 4.58. The molecule has 1 atom stereocenters. The minimum atomic E-state index is -0.554. The third-order valence-corrected chi connectivity index (χ3v) is 4.58. The van der Waals surface area contributed by atoms with Crippen molar-refractivity contribution >= 4 is 5.91 Å². The second-order valence-corrected chi connectivity index (χ2v) is 6.48. The molecule has 0 saturated carbocycles. The van der Waals surface area contributed by atoms with Crippen molar-refractivity contribution in [1.29, 1.82) is 0 Å². The van der Waals surface area contributed by atoms with Crippen LogP contribution < -0.4 is 0 Å². The molecule has 0 unspecified atom stereocenters. The van der Waals surface area contributed by atoms with Gasteiger partial charge in [-0.05, 0) is 26.0 Å². The largest absolute Gasteiger partial charge is 0.379 e. The highest BCUT2D eigenvalue weighted by Crippen LogP contribution is 2.33. The second kappa shape index (κ2) is 6.30. The zero-order valence-corrected chi connectivity index (χ0v) is 12.9. The van der Waals surface area contributed by atoms with E-state index in [0.29, 0.717) is 19.7 Å². The Labute approximate surface area is 130 Å². The van der Waals surface area contributed by atoms with Crippen LogP contribution in [0.15, 0.2) is 18.5 Å². The predicted molar refractivity (Wildman–Crippen MR) is 80.1 cm³/mol. The van der Waals surface area contributed by atoms with Gasteiger partial charge in [0.15, 0.2) is 5.82 Å². The number of rotatable bonds is 1. The average Bonchev–Trinajstić information content (AvgIpc) is 2.68. The topological polar surface area (TPSA) is 45.7 Å². The summed E-state index contributed by atoms with van der Waals surface area (Å²) in [6, 6.07) is 1.45. The number of amides is 1. The van der Waals surface area contributed by atoms with Gasteiger partial charge in [0.25, 0.3) is 5.91 Å². The first kappa shape index (κ1) is 15.4. The van der Waals surface area contributed by atoms with E-state index in [4.69, 9.17) is 4.74 Å². The van der Waals surface area contributed by atoms with E-state index < -0.39 is 5.82 Å². The number of halogens is 1. The fourth-order valence-corrected chi connectivity index (χ4v) is 3.55. The van der Waals surface area contributed by atoms with Crippen molar-refractivity contribution < 1.29 is 13.9 Å². The lowest BCUT2D eigenvalue weighted by Crippen LogP contribution is -2.51. The number of hydrogen-bond donors (Lipinski definition) is 0. The summed E-state index contributed by atoms with van der Waals surface area (Å²) in [5.74, 6) is -0.799. The molecular formula is C16H22FN3O2. The van der Waals surface area contributed by atoms with Crippen LogP contribution in [-0.2, 0) is 4.74 Å². The van der Waals surface area contributed by atoms with Crippen molar-refractivity contribution in [3.8, 4) is 0 Å². The molecule has 1 aromatic rings. The fourth-order valence-electron chi connectivity index (χ4n) is 3.55. The minimum absolute atomic E-state index is 0.0390. The van der Waals surface area contributed by atoms with Gasteiger partial charge >= 0.3 is 0 Å². The van der Waals surface area contributed by atoms with Crippen molar-refractivity contribution in [1.82, 2.24) is 14.8 Å². The van der Waals surface area contributed by atoms with Gasteiger partial charge in [0, 0.05) is 37.8 Å². The van der Waals surface area contributed by atoms with Crippen molar-refractivity contribution in [2.24, 2.45) is 5.41 Å². The van der Waals surface area contributed by atoms with E-state index in [9.17, 15) is 9.18 Å². The molecule has 2 fully saturated rings. The number of likely N-dealkylation sites (N-methyl/N-ethyl adjacent to an activating group) is 1. The molecule has 120 valence electrons. The summed E-state index contributed by atoms with van der Waals surface area (Å²) in [6.07, 6.45) is 4.52. The molecule has 2 aliphatic rings. The van der Waals surface area contributed by atoms with E-state index in [-0.39, 0.29) is 16.9 Å². The zero-order chi connectivity index (χ0) is 15.6. The van der Waals surface area contributed by atoms with Crippen LogP contribution in [0.4, 0.5) is 4.39 Å². The Balaban J connectivity index is 1.78. The molecule has 2 aliphatic heterocycles. The Bertz CT molecular complexity index is 554. The first-order valence-corrected chi connectivity index (χ1v) is 7.75. The highest BCUT2D eigenvalue weighted by Gasteiger charge is 2.40. The first-order chi connectivity index (χ1) is 10.6. The summed E-state index contributed by atoms with van der Waals surface area (Å²) in [5.41, 5.74) is 0.0674. The number of aromatic nitrogens is 1. The zero-order valence-electron chi connectivity index (χ0n) is 12.9. The number of likely N-dealkylation sites (tertiary alicyclic amines) is 1. The van der Waals surface area contributed by atoms with Gasteiger partial charge in [-0.2, -0.15) is 0 Å². The Morgan fingerprint density at radius 1 is 1.41 bits per heavy atom. The summed E-state index contributed by atoms with van der Waals surface area (Å²) in [6.45, 7) is 4.51. The maximum absolute atomic E-state index is 13.8. The second-order valence-electron chi connectivity index (χ2n) is 6.48. The molecule has 0 bridgehead atoms. The van der Waals surface area contributed by atoms with Gasteiger partial charge in [-0.25, -0.2) is 4.39 Å². The minimum Gasteiger partial charge on any atom is -0.379 e. The first-order valence-electron chi connectivity index (χ1n) is 7.75. The number of ether oxygens (including phenoxy) is 1. The van der Waals surface area contributed by atoms with Crippen LogP contribution in [-0.4, -0.2) is 67.1 Å². The normalized spacial score (nSPS) is 26.9. The van der Waals surface area contributed by atoms with Gasteiger partial charge in [-0.3, -0.25) is 9.78 Å². The lowest BCUT2D eigenvalue weighted by atomic mass is 9.80. The molecule has 3 heterocycles. The SMILES string of the molecule is CN1CCOC[C@]2(CCCN(C(=O)c3ccncc3F)C2)C1. The van der Waals surface area contributed by atoms with Crippen LogP contribution in [0.5, 0.6) is 0 Å². The van der Waals surface area contributed by atoms with Gasteiger partial charge in [0.1, 0.15) is 0 Å². The molecule has 0 aromatic carbocycles. The molecule has 1 aromatic heterocycles. The smallest absolute Gasteiger partial charge is 0.256 e. The summed E-state index contributed by atoms with van der Waals surface area (Å²) in [7, 11) is 2.08. The number of nitrogens with zero attached hydrogens (tertiary/aromatic N) is 3. The van der Waals surface area contributed by atoms with Crippen LogP contribution >= 0.6 is 0 Å². The monoisotopic (exact) mass is 307 g/mol. The molecule has 0 N–H and O–H groups in total. The van der Waals surface area contributed by atoms with Gasteiger partial charge in [0.05, 0.1) is 25.0 Å². The van der Waals surface area contributed by atoms with E-state index in [1.807, 2.05) is 0 Å². The molecule has 1 amide bonds. The van der Waals surface area contributed by atoms with Crippen LogP contribution in [0, 0.1) is 11.2 Å². The Hall–Kier alpha value is -1.53. The third kappa shape index (κ3) is 3.13. The number of hydrogen-bond acceptors (Lipinski definition) is 4. The molecular weight excluding hydrogens is 285 g/mol. The van der Waals surface area contributed by atoms with E-state index in [0.717, 1.165) is 38.7 Å². The Kier molecular flexibility index (Phi) is 4.40. The van der Waals surface area contributed by atoms with Crippen molar-refractivity contribution in [2.75, 3.05) is 46.4 Å². The van der Waals surface area contributed by atoms with E-state index in [1.165, 1.54) is 12.3 Å². The number of piperidine rings is 1. The molecule has 3 rings (SSSR count). The summed E-state index contributed by atoms with van der Waals surface area (Å²) in [5, 5.41) is 0. The van der Waals surface area contributed by atoms with Crippen LogP contribution in [0.3, 0.4) is 0 Å². The summed E-state index contributed by atoms with van der Waals surface area (Å²) < 4.78 is 19.6. The van der Waals surface area contributed by atoms with Gasteiger partial charge in [0.2, 0.25) is 0 Å². The predicted octanol–water partition coefficient (Wildman–Crippen LogP) is 1.41. The Morgan fingerprint density at radius 2 is 2.27 bits per heavy atom. The van der Waals surface area contributed by atoms with E-state index in [1.54, 1.807) is 4.90 Å². The molecule has 1 spiro atoms. The molecule has 0 radical (unpaired) electrons. The summed E-state index contributed by atoms with van der Waals surface area (Å²) >= 11 is 0. The quantitative estimate of drug-likeness (QED) is 0.787. The number of pyridine rings is 1. The number of carbonyl (C=O) groups excluding carboxylic acids is 1. The van der Waals surface area contributed by atoms with Crippen molar-refractivity contribution in [3.63, 3.8) is 0 Å². The summed E-state index contributed by atoms with van der Waals surface area (Å²) in [4.78, 5) is 20.3. The lowest BCUT2D eigenvalue weighted by molar-refractivity contribution is 0.00842. The van der Waals surface area contributed by atoms with Crippen LogP contribution in [0.2, 0.25) is 0 Å². The van der Waals surface area contributed by atoms with Crippen LogP contribution in [0.1, 0.15) is 23.2 Å². The number of carbonyl (C=O) groups is 1. The van der Waals surface area contributed by atoms with Crippen LogP contribution in [0.25, 0.3) is 0 Å². The average molecular weight is 307 g/mol. The van der Waals surface area contributed by atoms with Gasteiger partial charge < -0.3 is 14.5 Å². The maximum Gasteiger partial charge on any atom is 0.256 e. The Morgan fingerprint density at radius 3 is 3.09 bits per heavy atom. The van der Waals surface area contributed by atoms with E-state index in [2.05, 4.69) is 16.9 Å². The van der Waals surface area contributed by atoms with Gasteiger partial charge in [-0.1, -0.05) is 0 Å². The molecule has 5 nitrogen and oxygen atoms in total. The maximum atomic E-state index is 13.8. The fraction of sp³-hybridized carbons (Fsp3) is 0.625. The van der Waals surface area contributed by atoms with E-state index >= 15 is 0 Å².